The Labute approximate surface area is 167 Å². The van der Waals surface area contributed by atoms with Gasteiger partial charge in [-0.1, -0.05) is 0 Å². The van der Waals surface area contributed by atoms with Crippen molar-refractivity contribution < 1.29 is 27.8 Å². The number of ether oxygens (including phenoxy) is 2. The maximum absolute atomic E-state index is 13.6. The van der Waals surface area contributed by atoms with Crippen molar-refractivity contribution in [3.05, 3.63) is 68.2 Å². The van der Waals surface area contributed by atoms with Crippen LogP contribution in [0.2, 0.25) is 0 Å². The number of thiophene rings is 2. The molecule has 0 bridgehead atoms. The summed E-state index contributed by atoms with van der Waals surface area (Å²) in [5, 5.41) is 4.83. The fourth-order valence-corrected chi connectivity index (χ4v) is 4.04. The summed E-state index contributed by atoms with van der Waals surface area (Å²) in [5.41, 5.74) is 0.958. The lowest BCUT2D eigenvalue weighted by molar-refractivity contribution is 0.0602. The molecule has 0 aliphatic carbocycles. The molecule has 3 aromatic rings. The second-order valence-electron chi connectivity index (χ2n) is 5.73. The van der Waals surface area contributed by atoms with Crippen LogP contribution in [0.5, 0.6) is 5.75 Å². The number of rotatable bonds is 6. The minimum atomic E-state index is -0.795. The average Bonchev–Trinajstić information content (AvgIpc) is 3.27. The van der Waals surface area contributed by atoms with Crippen LogP contribution in [0.3, 0.4) is 0 Å². The van der Waals surface area contributed by atoms with E-state index in [4.69, 9.17) is 9.47 Å². The van der Waals surface area contributed by atoms with E-state index >= 15 is 0 Å². The number of benzene rings is 1. The first-order valence-corrected chi connectivity index (χ1v) is 9.72. The van der Waals surface area contributed by atoms with E-state index in [1.165, 1.54) is 35.8 Å². The molecule has 2 aromatic heterocycles. The van der Waals surface area contributed by atoms with Gasteiger partial charge in [-0.05, 0) is 36.6 Å². The molecule has 0 saturated carbocycles. The van der Waals surface area contributed by atoms with Crippen molar-refractivity contribution in [3.63, 3.8) is 0 Å². The zero-order valence-corrected chi connectivity index (χ0v) is 16.5. The number of nitrogens with one attached hydrogen (secondary N) is 1. The zero-order valence-electron chi connectivity index (χ0n) is 14.9. The van der Waals surface area contributed by atoms with Crippen LogP contribution in [0.15, 0.2) is 35.7 Å². The SMILES string of the molecule is COC(=O)c1cc(C)sc1NC(=O)c1cc(COc2ccc(F)cc2F)cs1. The molecule has 1 N–H and O–H groups in total. The predicted molar refractivity (Wildman–Crippen MR) is 103 cm³/mol. The van der Waals surface area contributed by atoms with E-state index in [-0.39, 0.29) is 18.3 Å². The minimum Gasteiger partial charge on any atom is -0.486 e. The summed E-state index contributed by atoms with van der Waals surface area (Å²) < 4.78 is 36.6. The Hall–Kier alpha value is -2.78. The molecule has 9 heteroatoms. The largest absolute Gasteiger partial charge is 0.486 e. The van der Waals surface area contributed by atoms with Crippen LogP contribution in [-0.2, 0) is 11.3 Å². The van der Waals surface area contributed by atoms with Gasteiger partial charge in [0.2, 0.25) is 0 Å². The van der Waals surface area contributed by atoms with E-state index in [0.717, 1.165) is 17.0 Å². The zero-order chi connectivity index (χ0) is 20.3. The topological polar surface area (TPSA) is 64.6 Å². The molecule has 0 aliphatic rings. The summed E-state index contributed by atoms with van der Waals surface area (Å²) in [5.74, 6) is -2.46. The van der Waals surface area contributed by atoms with Gasteiger partial charge in [0.25, 0.3) is 5.91 Å². The van der Waals surface area contributed by atoms with Crippen molar-refractivity contribution in [3.8, 4) is 5.75 Å². The molecule has 2 heterocycles. The number of esters is 1. The highest BCUT2D eigenvalue weighted by molar-refractivity contribution is 7.17. The highest BCUT2D eigenvalue weighted by Crippen LogP contribution is 2.29. The molecule has 0 aliphatic heterocycles. The third kappa shape index (κ3) is 4.55. The molecule has 1 aromatic carbocycles. The molecule has 28 heavy (non-hydrogen) atoms. The number of carbonyl (C=O) groups excluding carboxylic acids is 2. The summed E-state index contributed by atoms with van der Waals surface area (Å²) in [7, 11) is 1.27. The fourth-order valence-electron chi connectivity index (χ4n) is 2.36. The second kappa shape index (κ2) is 8.49. The Morgan fingerprint density at radius 3 is 2.68 bits per heavy atom. The first-order chi connectivity index (χ1) is 13.4. The number of carbonyl (C=O) groups is 2. The van der Waals surface area contributed by atoms with Gasteiger partial charge in [0.05, 0.1) is 17.6 Å². The molecular weight excluding hydrogens is 408 g/mol. The van der Waals surface area contributed by atoms with Crippen LogP contribution < -0.4 is 10.1 Å². The van der Waals surface area contributed by atoms with Crippen molar-refractivity contribution in [2.24, 2.45) is 0 Å². The van der Waals surface area contributed by atoms with Gasteiger partial charge < -0.3 is 14.8 Å². The number of anilines is 1. The minimum absolute atomic E-state index is 0.0256. The van der Waals surface area contributed by atoms with Crippen molar-refractivity contribution >= 4 is 39.6 Å². The van der Waals surface area contributed by atoms with Crippen LogP contribution in [0.1, 0.15) is 30.5 Å². The van der Waals surface area contributed by atoms with E-state index in [1.807, 2.05) is 6.92 Å². The van der Waals surface area contributed by atoms with Gasteiger partial charge in [0, 0.05) is 16.5 Å². The number of hydrogen-bond donors (Lipinski definition) is 1. The second-order valence-corrected chi connectivity index (χ2v) is 7.90. The van der Waals surface area contributed by atoms with Crippen LogP contribution in [-0.4, -0.2) is 19.0 Å². The van der Waals surface area contributed by atoms with Crippen LogP contribution >= 0.6 is 22.7 Å². The first kappa shape index (κ1) is 20.0. The lowest BCUT2D eigenvalue weighted by Crippen LogP contribution is -2.12. The van der Waals surface area contributed by atoms with E-state index < -0.39 is 17.6 Å². The Kier molecular flexibility index (Phi) is 6.05. The summed E-state index contributed by atoms with van der Waals surface area (Å²) in [6.45, 7) is 1.85. The molecule has 5 nitrogen and oxygen atoms in total. The quantitative estimate of drug-likeness (QED) is 0.566. The summed E-state index contributed by atoms with van der Waals surface area (Å²) in [4.78, 5) is 25.5. The molecule has 0 fully saturated rings. The molecule has 0 radical (unpaired) electrons. The number of aryl methyl sites for hydroxylation is 1. The van der Waals surface area contributed by atoms with Gasteiger partial charge in [-0.15, -0.1) is 22.7 Å². The number of halogens is 2. The van der Waals surface area contributed by atoms with Gasteiger partial charge in [0.15, 0.2) is 11.6 Å². The Bertz CT molecular complexity index is 1030. The molecular formula is C19H15F2NO4S2. The lowest BCUT2D eigenvalue weighted by Gasteiger charge is -2.06. The summed E-state index contributed by atoms with van der Waals surface area (Å²) >= 11 is 2.46. The molecule has 0 spiro atoms. The van der Waals surface area contributed by atoms with Gasteiger partial charge >= 0.3 is 5.97 Å². The lowest BCUT2D eigenvalue weighted by atomic mass is 10.3. The highest BCUT2D eigenvalue weighted by atomic mass is 32.1. The van der Waals surface area contributed by atoms with Gasteiger partial charge in [-0.25, -0.2) is 13.6 Å². The number of methoxy groups -OCH3 is 1. The average molecular weight is 423 g/mol. The molecule has 0 unspecified atom stereocenters. The first-order valence-electron chi connectivity index (χ1n) is 8.02. The number of hydrogen-bond acceptors (Lipinski definition) is 6. The van der Waals surface area contributed by atoms with Crippen LogP contribution in [0.4, 0.5) is 13.8 Å². The maximum Gasteiger partial charge on any atom is 0.340 e. The molecule has 1 amide bonds. The Morgan fingerprint density at radius 2 is 1.96 bits per heavy atom. The van der Waals surface area contributed by atoms with Crippen molar-refractivity contribution in [2.45, 2.75) is 13.5 Å². The molecule has 146 valence electrons. The summed E-state index contributed by atoms with van der Waals surface area (Å²) in [6, 6.07) is 6.31. The standard InChI is InChI=1S/C19H15F2NO4S2/c1-10-5-13(19(24)25-2)18(28-10)22-17(23)16-6-11(9-27-16)8-26-15-4-3-12(20)7-14(15)21/h3-7,9H,8H2,1-2H3,(H,22,23). The maximum atomic E-state index is 13.6. The molecule has 3 rings (SSSR count). The van der Waals surface area contributed by atoms with Gasteiger partial charge in [0.1, 0.15) is 17.4 Å². The normalized spacial score (nSPS) is 10.6. The molecule has 0 atom stereocenters. The van der Waals surface area contributed by atoms with E-state index in [9.17, 15) is 18.4 Å². The smallest absolute Gasteiger partial charge is 0.340 e. The van der Waals surface area contributed by atoms with Crippen LogP contribution in [0, 0.1) is 18.6 Å². The highest BCUT2D eigenvalue weighted by Gasteiger charge is 2.19. The third-order valence-electron chi connectivity index (χ3n) is 3.65. The van der Waals surface area contributed by atoms with Gasteiger partial charge in [-0.3, -0.25) is 4.79 Å². The Morgan fingerprint density at radius 1 is 1.18 bits per heavy atom. The Balaban J connectivity index is 1.67. The van der Waals surface area contributed by atoms with Crippen molar-refractivity contribution in [1.29, 1.82) is 0 Å². The third-order valence-corrected chi connectivity index (χ3v) is 5.60. The van der Waals surface area contributed by atoms with Crippen molar-refractivity contribution in [2.75, 3.05) is 12.4 Å². The predicted octanol–water partition coefficient (Wildman–Crippen LogP) is 5.01. The van der Waals surface area contributed by atoms with E-state index in [0.29, 0.717) is 21.0 Å². The van der Waals surface area contributed by atoms with Gasteiger partial charge in [-0.2, -0.15) is 0 Å². The van der Waals surface area contributed by atoms with Crippen molar-refractivity contribution in [1.82, 2.24) is 0 Å². The summed E-state index contributed by atoms with van der Waals surface area (Å²) in [6.07, 6.45) is 0. The van der Waals surface area contributed by atoms with Crippen LogP contribution in [0.25, 0.3) is 0 Å². The molecule has 0 saturated heterocycles. The number of amides is 1. The monoisotopic (exact) mass is 423 g/mol. The van der Waals surface area contributed by atoms with E-state index in [2.05, 4.69) is 5.32 Å². The van der Waals surface area contributed by atoms with E-state index in [1.54, 1.807) is 17.5 Å². The fraction of sp³-hybridized carbons (Fsp3) is 0.158.